The van der Waals surface area contributed by atoms with Gasteiger partial charge in [0.05, 0.1) is 49.5 Å². The van der Waals surface area contributed by atoms with Crippen molar-refractivity contribution in [2.45, 2.75) is 142 Å². The van der Waals surface area contributed by atoms with Crippen LogP contribution in [0.2, 0.25) is 0 Å². The van der Waals surface area contributed by atoms with Gasteiger partial charge in [0.15, 0.2) is 5.13 Å². The van der Waals surface area contributed by atoms with Crippen LogP contribution in [0.3, 0.4) is 0 Å². The number of carbonyl (C=O) groups excluding carboxylic acids is 5. The average molecular weight is 1300 g/mol. The molecular weight excluding hydrogens is 1220 g/mol. The smallest absolute Gasteiger partial charge is 0.284 e. The Bertz CT molecular complexity index is 4170. The number of sulfonamides is 1. The van der Waals surface area contributed by atoms with Gasteiger partial charge in [-0.1, -0.05) is 106 Å². The van der Waals surface area contributed by atoms with Crippen LogP contribution in [0.1, 0.15) is 134 Å². The first-order chi connectivity index (χ1) is 44.1. The number of aliphatic hydroxyl groups excluding tert-OH is 1. The maximum atomic E-state index is 14.9. The van der Waals surface area contributed by atoms with E-state index >= 15 is 0 Å². The number of rotatable bonds is 17. The van der Waals surface area contributed by atoms with E-state index in [-0.39, 0.29) is 35.4 Å². The van der Waals surface area contributed by atoms with E-state index in [0.29, 0.717) is 84.7 Å². The van der Waals surface area contributed by atoms with Crippen LogP contribution >= 0.6 is 22.7 Å². The number of anilines is 3. The number of hydrogen-bond acceptors (Lipinski definition) is 16. The number of piperidine rings is 1. The first-order valence-corrected chi connectivity index (χ1v) is 34.9. The van der Waals surface area contributed by atoms with Gasteiger partial charge in [0.25, 0.3) is 21.8 Å². The highest BCUT2D eigenvalue weighted by atomic mass is 32.2. The lowest BCUT2D eigenvalue weighted by Gasteiger charge is -2.38. The maximum Gasteiger partial charge on any atom is 0.284 e. The first-order valence-electron chi connectivity index (χ1n) is 31.7. The van der Waals surface area contributed by atoms with Gasteiger partial charge in [0.2, 0.25) is 17.7 Å². The van der Waals surface area contributed by atoms with E-state index in [0.717, 1.165) is 68.1 Å². The molecule has 12 rings (SSSR count). The number of pyridine rings is 1. The number of amides is 5. The third-order valence-electron chi connectivity index (χ3n) is 18.6. The fourth-order valence-electron chi connectivity index (χ4n) is 13.4. The van der Waals surface area contributed by atoms with Crippen LogP contribution in [0.4, 0.5) is 16.6 Å². The van der Waals surface area contributed by atoms with Crippen LogP contribution in [0.15, 0.2) is 120 Å². The van der Waals surface area contributed by atoms with Crippen molar-refractivity contribution in [3.63, 3.8) is 0 Å². The minimum Gasteiger partial charge on any atom is -0.391 e. The summed E-state index contributed by atoms with van der Waals surface area (Å²) in [5.41, 5.74) is 9.41. The number of thiazole rings is 2. The van der Waals surface area contributed by atoms with Gasteiger partial charge in [-0.15, -0.1) is 11.3 Å². The van der Waals surface area contributed by atoms with Crippen LogP contribution in [0.25, 0.3) is 31.8 Å². The Hall–Kier alpha value is -8.38. The number of likely N-dealkylation sites (tertiary alicyclic amines) is 1. The minimum absolute atomic E-state index is 0.0552. The second kappa shape index (κ2) is 26.7. The summed E-state index contributed by atoms with van der Waals surface area (Å²) >= 11 is 2.96. The van der Waals surface area contributed by atoms with Gasteiger partial charge in [-0.25, -0.2) is 28.1 Å². The summed E-state index contributed by atoms with van der Waals surface area (Å²) < 4.78 is 34.4. The monoisotopic (exact) mass is 1300 g/mol. The standard InChI is InChI=1S/C69H78N12O8S3/c1-41(45-22-24-47(25-23-45)61-42(2)70-40-90-61)72-65(85)57-35-50(82)38-80(57)67(87)62(69(4,5)6)75-63(83)48-29-31-78(32-30-48)49-17-13-18-51(34-49)92(88,89)77-66(86)60-52(54-36-71-81(43(54)3)37-44-14-8-7-9-15-44)26-27-59(74-60)79-33-28-46-16-12-19-53(55(46)39-79)64(84)76-68-73-56-20-10-11-21-58(56)91-68/h10-13,16-27,34,36,40-41,44,48,50,57,62,82H,7-9,14-15,28-33,35,37-39H2,1-6H3,(H,72,85)(H,75,83)(H,77,86)(H,73,76,84)/t41-,50+,57-,62+/m0/s1. The molecule has 4 atom stereocenters. The summed E-state index contributed by atoms with van der Waals surface area (Å²) in [7, 11) is -4.52. The Morgan fingerprint density at radius 2 is 1.55 bits per heavy atom. The number of aliphatic hydroxyl groups is 1. The zero-order valence-corrected chi connectivity index (χ0v) is 55.1. The Morgan fingerprint density at radius 1 is 0.793 bits per heavy atom. The molecule has 8 aromatic rings. The second-order valence-electron chi connectivity index (χ2n) is 26.0. The normalized spacial score (nSPS) is 18.1. The molecule has 1 aliphatic carbocycles. The Kier molecular flexibility index (Phi) is 18.5. The van der Waals surface area contributed by atoms with Crippen molar-refractivity contribution in [2.75, 3.05) is 41.3 Å². The van der Waals surface area contributed by atoms with Crippen LogP contribution in [0, 0.1) is 31.1 Å². The second-order valence-corrected chi connectivity index (χ2v) is 29.5. The molecule has 7 heterocycles. The molecule has 20 nitrogen and oxygen atoms in total. The third-order valence-corrected chi connectivity index (χ3v) is 21.9. The number of β-amino-alcohol motifs (C(OH)–C–C–N with tert-alkyl or cyclic N) is 1. The Balaban J connectivity index is 0.719. The summed E-state index contributed by atoms with van der Waals surface area (Å²) in [5, 5.41) is 25.3. The topological polar surface area (TPSA) is 254 Å². The molecule has 4 aromatic heterocycles. The molecule has 2 saturated heterocycles. The van der Waals surface area contributed by atoms with E-state index < -0.39 is 63.3 Å². The lowest BCUT2D eigenvalue weighted by Crippen LogP contribution is -2.59. The Labute approximate surface area is 544 Å². The summed E-state index contributed by atoms with van der Waals surface area (Å²) in [4.78, 5) is 91.9. The molecule has 0 unspecified atom stereocenters. The number of benzene rings is 4. The van der Waals surface area contributed by atoms with E-state index in [9.17, 15) is 37.5 Å². The van der Waals surface area contributed by atoms with Gasteiger partial charge in [0.1, 0.15) is 23.6 Å². The van der Waals surface area contributed by atoms with Gasteiger partial charge in [0, 0.05) is 79.7 Å². The summed E-state index contributed by atoms with van der Waals surface area (Å²) in [5.74, 6) is -1.95. The summed E-state index contributed by atoms with van der Waals surface area (Å²) in [6, 6.07) is 28.9. The van der Waals surface area contributed by atoms with E-state index in [1.54, 1.807) is 41.8 Å². The molecule has 0 radical (unpaired) electrons. The molecule has 92 heavy (non-hydrogen) atoms. The largest absolute Gasteiger partial charge is 0.391 e. The molecule has 5 N–H and O–H groups in total. The van der Waals surface area contributed by atoms with Gasteiger partial charge >= 0.3 is 0 Å². The zero-order valence-electron chi connectivity index (χ0n) is 52.6. The highest BCUT2D eigenvalue weighted by Crippen LogP contribution is 2.36. The predicted molar refractivity (Wildman–Crippen MR) is 358 cm³/mol. The van der Waals surface area contributed by atoms with Crippen molar-refractivity contribution >= 4 is 89.1 Å². The average Bonchev–Trinajstić information content (AvgIpc) is 1.04. The van der Waals surface area contributed by atoms with Gasteiger partial charge in [-0.05, 0) is 135 Å². The Morgan fingerprint density at radius 3 is 2.29 bits per heavy atom. The molecule has 1 saturated carbocycles. The maximum absolute atomic E-state index is 14.9. The van der Waals surface area contributed by atoms with E-state index in [2.05, 4.69) is 30.6 Å². The number of aryl methyl sites for hydroxylation is 1. The van der Waals surface area contributed by atoms with E-state index in [1.807, 2.05) is 128 Å². The number of hydrogen-bond donors (Lipinski definition) is 5. The predicted octanol–water partition coefficient (Wildman–Crippen LogP) is 10.4. The fraction of sp³-hybridized carbons (Fsp3) is 0.406. The molecule has 3 aliphatic heterocycles. The van der Waals surface area contributed by atoms with Gasteiger partial charge in [-0.3, -0.25) is 34.0 Å². The lowest BCUT2D eigenvalue weighted by molar-refractivity contribution is -0.144. The summed E-state index contributed by atoms with van der Waals surface area (Å²) in [6.07, 6.45) is 8.02. The molecule has 0 spiro atoms. The van der Waals surface area contributed by atoms with Crippen molar-refractivity contribution < 1.29 is 37.5 Å². The van der Waals surface area contributed by atoms with Crippen LogP contribution in [-0.4, -0.2) is 117 Å². The van der Waals surface area contributed by atoms with Crippen molar-refractivity contribution in [3.05, 3.63) is 154 Å². The highest BCUT2D eigenvalue weighted by molar-refractivity contribution is 7.90. The van der Waals surface area contributed by atoms with E-state index in [4.69, 9.17) is 10.1 Å². The van der Waals surface area contributed by atoms with Crippen molar-refractivity contribution in [1.29, 1.82) is 0 Å². The van der Waals surface area contributed by atoms with E-state index in [1.165, 1.54) is 47.6 Å². The number of carbonyl (C=O) groups is 5. The molecule has 0 bridgehead atoms. The fourth-order valence-corrected chi connectivity index (χ4v) is 16.0. The number of aromatic nitrogens is 5. The highest BCUT2D eigenvalue weighted by Gasteiger charge is 2.45. The SMILES string of the molecule is Cc1ncsc1-c1ccc([C@H](C)NC(=O)[C@@H]2C[C@@H](O)CN2C(=O)[C@@H](NC(=O)C2CCN(c3cccc(S(=O)(=O)NC(=O)c4nc(N5CCc6cccc(C(=O)Nc7nc8ccccc8s7)c6C5)ccc4-c4cnn(CC5CCCCC5)c4C)c3)CC2)C(C)(C)C)cc1. The quantitative estimate of drug-likeness (QED) is 0.0569. The minimum atomic E-state index is -4.52. The van der Waals surface area contributed by atoms with Crippen LogP contribution in [-0.2, 0) is 43.9 Å². The number of nitrogens with zero attached hydrogens (tertiary/aromatic N) is 8. The van der Waals surface area contributed by atoms with Crippen molar-refractivity contribution in [1.82, 2.24) is 45.0 Å². The molecular formula is C69H78N12O8S3. The number of para-hydroxylation sites is 1. The number of nitrogens with one attached hydrogen (secondary N) is 4. The molecule has 23 heteroatoms. The molecule has 5 amide bonds. The third kappa shape index (κ3) is 13.7. The van der Waals surface area contributed by atoms with Crippen molar-refractivity contribution in [2.24, 2.45) is 17.3 Å². The van der Waals surface area contributed by atoms with Crippen LogP contribution < -0.4 is 30.5 Å². The molecule has 4 aromatic carbocycles. The van der Waals surface area contributed by atoms with Gasteiger partial charge < -0.3 is 30.4 Å². The molecule has 4 aliphatic rings. The zero-order chi connectivity index (χ0) is 64.6. The molecule has 480 valence electrons. The van der Waals surface area contributed by atoms with Crippen molar-refractivity contribution in [3.8, 4) is 21.6 Å². The summed E-state index contributed by atoms with van der Waals surface area (Å²) in [6.45, 7) is 13.6. The van der Waals surface area contributed by atoms with Crippen LogP contribution in [0.5, 0.6) is 0 Å². The lowest BCUT2D eigenvalue weighted by atomic mass is 9.84. The van der Waals surface area contributed by atoms with Gasteiger partial charge in [-0.2, -0.15) is 5.10 Å². The number of fused-ring (bicyclic) bond motifs is 2. The first kappa shape index (κ1) is 63.8. The molecule has 3 fully saturated rings.